The quantitative estimate of drug-likeness (QED) is 0.502. The molecule has 1 heterocycles. The largest absolute Gasteiger partial charge is 0.508 e. The lowest BCUT2D eigenvalue weighted by Crippen LogP contribution is -2.07. The van der Waals surface area contributed by atoms with E-state index in [1.165, 1.54) is 0 Å². The Morgan fingerprint density at radius 2 is 1.85 bits per heavy atom. The Morgan fingerprint density at radius 3 is 2.67 bits per heavy atom. The van der Waals surface area contributed by atoms with Crippen LogP contribution in [0.25, 0.3) is 22.2 Å². The molecule has 0 unspecified atom stereocenters. The smallest absolute Gasteiger partial charge is 0.305 e. The summed E-state index contributed by atoms with van der Waals surface area (Å²) in [5, 5.41) is 11.5. The number of rotatable bonds is 7. The summed E-state index contributed by atoms with van der Waals surface area (Å²) in [6, 6.07) is 12.8. The monoisotopic (exact) mass is 366 g/mol. The highest BCUT2D eigenvalue weighted by Gasteiger charge is 2.08. The molecule has 0 aliphatic rings. The van der Waals surface area contributed by atoms with E-state index in [0.29, 0.717) is 37.8 Å². The molecule has 1 N–H and O–H groups in total. The molecule has 140 valence electrons. The Hall–Kier alpha value is -3.15. The van der Waals surface area contributed by atoms with Crippen LogP contribution in [0.5, 0.6) is 11.6 Å². The zero-order valence-electron chi connectivity index (χ0n) is 15.4. The average Bonchev–Trinajstić information content (AvgIpc) is 2.64. The molecule has 0 aliphatic carbocycles. The summed E-state index contributed by atoms with van der Waals surface area (Å²) in [7, 11) is 0. The van der Waals surface area contributed by atoms with Crippen LogP contribution in [0.4, 0.5) is 0 Å². The third-order valence-corrected chi connectivity index (χ3v) is 3.99. The number of phenols is 1. The lowest BCUT2D eigenvalue weighted by atomic mass is 10.1. The fourth-order valence-electron chi connectivity index (χ4n) is 2.74. The third kappa shape index (κ3) is 4.94. The van der Waals surface area contributed by atoms with E-state index >= 15 is 0 Å². The summed E-state index contributed by atoms with van der Waals surface area (Å²) in [5.41, 5.74) is 1.67. The van der Waals surface area contributed by atoms with Crippen LogP contribution in [0.3, 0.4) is 0 Å². The minimum absolute atomic E-state index is 0.220. The first-order valence-corrected chi connectivity index (χ1v) is 8.92. The van der Waals surface area contributed by atoms with E-state index < -0.39 is 0 Å². The summed E-state index contributed by atoms with van der Waals surface area (Å²) in [5.74, 6) is 1.07. The van der Waals surface area contributed by atoms with Gasteiger partial charge < -0.3 is 14.6 Å². The van der Waals surface area contributed by atoms with Gasteiger partial charge in [0.1, 0.15) is 5.75 Å². The molecular weight excluding hydrogens is 344 g/mol. The summed E-state index contributed by atoms with van der Waals surface area (Å²) < 4.78 is 10.6. The summed E-state index contributed by atoms with van der Waals surface area (Å²) in [6.07, 6.45) is 0.888. The van der Waals surface area contributed by atoms with Gasteiger partial charge in [0.2, 0.25) is 5.88 Å². The van der Waals surface area contributed by atoms with Gasteiger partial charge in [0, 0.05) is 23.7 Å². The Bertz CT molecular complexity index is 956. The number of nitrogens with zero attached hydrogens (tertiary/aromatic N) is 2. The molecule has 27 heavy (non-hydrogen) atoms. The Labute approximate surface area is 157 Å². The molecule has 0 radical (unpaired) electrons. The van der Waals surface area contributed by atoms with Gasteiger partial charge in [0.15, 0.2) is 5.82 Å². The van der Waals surface area contributed by atoms with Crippen LogP contribution in [0, 0.1) is 6.92 Å². The molecule has 0 aliphatic heterocycles. The van der Waals surface area contributed by atoms with Crippen molar-refractivity contribution in [2.24, 2.45) is 0 Å². The summed E-state index contributed by atoms with van der Waals surface area (Å²) in [6.45, 7) is 4.44. The molecular formula is C21H22N2O4. The van der Waals surface area contributed by atoms with Crippen LogP contribution in [0.2, 0.25) is 0 Å². The molecule has 0 saturated heterocycles. The van der Waals surface area contributed by atoms with Crippen molar-refractivity contribution in [3.8, 4) is 23.0 Å². The molecule has 6 heteroatoms. The van der Waals surface area contributed by atoms with Crippen molar-refractivity contribution in [2.75, 3.05) is 13.2 Å². The normalized spacial score (nSPS) is 10.7. The zero-order valence-corrected chi connectivity index (χ0v) is 15.4. The number of esters is 1. The average molecular weight is 366 g/mol. The number of benzene rings is 2. The minimum atomic E-state index is -0.220. The van der Waals surface area contributed by atoms with Crippen LogP contribution in [-0.4, -0.2) is 34.3 Å². The standard InChI is InChI=1S/C21H22N2O4/c1-3-26-20(25)5-4-10-27-19-11-14(2)22-21(23-19)17-7-6-16-13-18(24)9-8-15(16)12-17/h6-9,11-13,24H,3-5,10H2,1-2H3. The zero-order chi connectivity index (χ0) is 19.2. The first-order valence-electron chi connectivity index (χ1n) is 8.92. The van der Waals surface area contributed by atoms with Gasteiger partial charge >= 0.3 is 5.97 Å². The second-order valence-corrected chi connectivity index (χ2v) is 6.17. The molecule has 0 spiro atoms. The first kappa shape index (κ1) is 18.6. The molecule has 0 saturated carbocycles. The van der Waals surface area contributed by atoms with Gasteiger partial charge in [-0.15, -0.1) is 0 Å². The SMILES string of the molecule is CCOC(=O)CCCOc1cc(C)nc(-c2ccc3cc(O)ccc3c2)n1. The maximum Gasteiger partial charge on any atom is 0.305 e. The topological polar surface area (TPSA) is 81.5 Å². The highest BCUT2D eigenvalue weighted by molar-refractivity contribution is 5.87. The summed E-state index contributed by atoms with van der Waals surface area (Å²) >= 11 is 0. The number of aryl methyl sites for hydroxylation is 1. The van der Waals surface area contributed by atoms with Crippen molar-refractivity contribution in [1.29, 1.82) is 0 Å². The fraction of sp³-hybridized carbons (Fsp3) is 0.286. The molecule has 2 aromatic carbocycles. The van der Waals surface area contributed by atoms with E-state index in [4.69, 9.17) is 9.47 Å². The van der Waals surface area contributed by atoms with E-state index in [-0.39, 0.29) is 11.7 Å². The van der Waals surface area contributed by atoms with Crippen molar-refractivity contribution in [3.05, 3.63) is 48.2 Å². The van der Waals surface area contributed by atoms with Crippen LogP contribution < -0.4 is 4.74 Å². The Balaban J connectivity index is 1.73. The van der Waals surface area contributed by atoms with Crippen LogP contribution in [0.1, 0.15) is 25.5 Å². The lowest BCUT2D eigenvalue weighted by Gasteiger charge is -2.09. The van der Waals surface area contributed by atoms with Crippen LogP contribution in [-0.2, 0) is 9.53 Å². The maximum atomic E-state index is 11.4. The predicted octanol–water partition coefficient (Wildman–Crippen LogP) is 4.03. The number of hydrogen-bond acceptors (Lipinski definition) is 6. The Kier molecular flexibility index (Phi) is 5.86. The van der Waals surface area contributed by atoms with Crippen LogP contribution in [0.15, 0.2) is 42.5 Å². The van der Waals surface area contributed by atoms with Gasteiger partial charge in [-0.1, -0.05) is 18.2 Å². The van der Waals surface area contributed by atoms with E-state index in [0.717, 1.165) is 22.0 Å². The maximum absolute atomic E-state index is 11.4. The second kappa shape index (κ2) is 8.49. The van der Waals surface area contributed by atoms with E-state index in [2.05, 4.69) is 9.97 Å². The van der Waals surface area contributed by atoms with E-state index in [9.17, 15) is 9.90 Å². The summed E-state index contributed by atoms with van der Waals surface area (Å²) in [4.78, 5) is 20.3. The lowest BCUT2D eigenvalue weighted by molar-refractivity contribution is -0.143. The minimum Gasteiger partial charge on any atom is -0.508 e. The molecule has 0 amide bonds. The molecule has 1 aromatic heterocycles. The highest BCUT2D eigenvalue weighted by Crippen LogP contribution is 2.26. The number of aromatic hydroxyl groups is 1. The van der Waals surface area contributed by atoms with E-state index in [1.54, 1.807) is 25.1 Å². The Morgan fingerprint density at radius 1 is 1.07 bits per heavy atom. The number of fused-ring (bicyclic) bond motifs is 1. The molecule has 0 atom stereocenters. The van der Waals surface area contributed by atoms with Crippen molar-refractivity contribution >= 4 is 16.7 Å². The van der Waals surface area contributed by atoms with Gasteiger partial charge in [-0.3, -0.25) is 4.79 Å². The predicted molar refractivity (Wildman–Crippen MR) is 103 cm³/mol. The number of aromatic nitrogens is 2. The number of phenolic OH excluding ortho intramolecular Hbond substituents is 1. The molecule has 3 rings (SSSR count). The van der Waals surface area contributed by atoms with Gasteiger partial charge in [0.25, 0.3) is 0 Å². The number of carbonyl (C=O) groups excluding carboxylic acids is 1. The number of carbonyl (C=O) groups is 1. The van der Waals surface area contributed by atoms with Crippen molar-refractivity contribution in [1.82, 2.24) is 9.97 Å². The second-order valence-electron chi connectivity index (χ2n) is 6.17. The third-order valence-electron chi connectivity index (χ3n) is 3.99. The molecule has 6 nitrogen and oxygen atoms in total. The first-order chi connectivity index (χ1) is 13.0. The van der Waals surface area contributed by atoms with Gasteiger partial charge in [-0.2, -0.15) is 4.98 Å². The van der Waals surface area contributed by atoms with Crippen molar-refractivity contribution in [3.63, 3.8) is 0 Å². The number of hydrogen-bond donors (Lipinski definition) is 1. The van der Waals surface area contributed by atoms with E-state index in [1.807, 2.05) is 31.2 Å². The van der Waals surface area contributed by atoms with Gasteiger partial charge in [-0.05, 0) is 49.2 Å². The highest BCUT2D eigenvalue weighted by atomic mass is 16.5. The molecule has 3 aromatic rings. The molecule has 0 fully saturated rings. The van der Waals surface area contributed by atoms with Gasteiger partial charge in [0.05, 0.1) is 13.2 Å². The van der Waals surface area contributed by atoms with Gasteiger partial charge in [-0.25, -0.2) is 4.98 Å². The van der Waals surface area contributed by atoms with Crippen molar-refractivity contribution in [2.45, 2.75) is 26.7 Å². The number of ether oxygens (including phenoxy) is 2. The fourth-order valence-corrected chi connectivity index (χ4v) is 2.74. The van der Waals surface area contributed by atoms with Crippen LogP contribution >= 0.6 is 0 Å². The molecule has 0 bridgehead atoms. The van der Waals surface area contributed by atoms with Crippen molar-refractivity contribution < 1.29 is 19.4 Å².